The molecule has 0 bridgehead atoms. The molecule has 13 heteroatoms. The fourth-order valence-electron chi connectivity index (χ4n) is 8.36. The first-order valence-corrected chi connectivity index (χ1v) is 18.3. The topological polar surface area (TPSA) is 148 Å². The summed E-state index contributed by atoms with van der Waals surface area (Å²) in [5, 5.41) is 18.1. The predicted molar refractivity (Wildman–Crippen MR) is 184 cm³/mol. The molecule has 3 heterocycles. The summed E-state index contributed by atoms with van der Waals surface area (Å²) in [5.74, 6) is -2.30. The Morgan fingerprint density at radius 3 is 2.31 bits per heavy atom. The normalized spacial score (nSPS) is 43.0. The number of cyclic esters (lactones) is 1. The van der Waals surface area contributed by atoms with E-state index >= 15 is 0 Å². The van der Waals surface area contributed by atoms with E-state index < -0.39 is 65.7 Å². The summed E-state index contributed by atoms with van der Waals surface area (Å²) >= 11 is 0. The maximum Gasteiger partial charge on any atom is 0.408 e. The molecule has 1 saturated carbocycles. The number of hydrogen-bond acceptors (Lipinski definition) is 12. The van der Waals surface area contributed by atoms with Gasteiger partial charge in [0, 0.05) is 38.2 Å². The molecule has 5 unspecified atom stereocenters. The van der Waals surface area contributed by atoms with Crippen LogP contribution in [0.25, 0.3) is 0 Å². The number of carbonyl (C=O) groups is 3. The zero-order chi connectivity index (χ0) is 36.4. The molecule has 13 atom stereocenters. The second-order valence-corrected chi connectivity index (χ2v) is 15.9. The largest absolute Gasteiger partial charge is 0.458 e. The van der Waals surface area contributed by atoms with Crippen molar-refractivity contribution in [3.63, 3.8) is 0 Å². The van der Waals surface area contributed by atoms with E-state index in [1.165, 1.54) is 19.8 Å². The van der Waals surface area contributed by atoms with Gasteiger partial charge in [0.2, 0.25) is 0 Å². The highest BCUT2D eigenvalue weighted by atomic mass is 16.7. The molecule has 282 valence electrons. The number of aliphatic hydroxyl groups excluding tert-OH is 1. The summed E-state index contributed by atoms with van der Waals surface area (Å²) in [4.78, 5) is 44.7. The van der Waals surface area contributed by atoms with Crippen molar-refractivity contribution in [1.82, 2.24) is 20.4 Å². The van der Waals surface area contributed by atoms with Crippen molar-refractivity contribution in [2.45, 2.75) is 141 Å². The number of likely N-dealkylation sites (N-methyl/N-ethyl adjacent to an activating group) is 2. The maximum absolute atomic E-state index is 14.2. The lowest BCUT2D eigenvalue weighted by Crippen LogP contribution is -2.60. The highest BCUT2D eigenvalue weighted by Crippen LogP contribution is 2.38. The number of nitrogens with zero attached hydrogens (tertiary/aromatic N) is 2. The smallest absolute Gasteiger partial charge is 0.408 e. The average molecular weight is 697 g/mol. The first-order chi connectivity index (χ1) is 23.0. The van der Waals surface area contributed by atoms with E-state index in [9.17, 15) is 19.5 Å². The Balaban J connectivity index is 1.66. The molecule has 4 fully saturated rings. The van der Waals surface area contributed by atoms with Crippen LogP contribution in [-0.4, -0.2) is 141 Å². The standard InChI is InChI=1S/C36H64N4O9/c1-12-36-24(6)46-32(43)22(4)28(41)21(3)31(35(7,45-11)16-20(2)17-37-23(5)30(36)38-34(44)49-36)48-33-29(42)27(39(8)9)15-26(47-33)19-40(10)18-25-13-14-25/h20-27,29-31,33,37,42H,12-19H2,1-11H3,(H,38,44)/t20-,21+,22?,23-,24-,26?,27?,29?,30-,31-,33?,35-,36-/m1/s1. The maximum atomic E-state index is 14.2. The Hall–Kier alpha value is -1.87. The van der Waals surface area contributed by atoms with Crippen LogP contribution in [0.4, 0.5) is 4.79 Å². The van der Waals surface area contributed by atoms with Gasteiger partial charge in [-0.25, -0.2) is 4.79 Å². The van der Waals surface area contributed by atoms with E-state index in [1.807, 2.05) is 39.8 Å². The van der Waals surface area contributed by atoms with E-state index in [-0.39, 0.29) is 29.9 Å². The molecule has 3 saturated heterocycles. The molecule has 1 aliphatic carbocycles. The van der Waals surface area contributed by atoms with Gasteiger partial charge in [0.15, 0.2) is 17.7 Å². The number of rotatable bonds is 9. The van der Waals surface area contributed by atoms with Crippen LogP contribution >= 0.6 is 0 Å². The molecular formula is C36H64N4O9. The molecule has 0 aromatic rings. The molecule has 0 aromatic carbocycles. The minimum absolute atomic E-state index is 0.0308. The first-order valence-electron chi connectivity index (χ1n) is 18.3. The number of Topliss-reactive ketones (excluding diaryl/α,β-unsaturated/α-hetero) is 1. The van der Waals surface area contributed by atoms with Gasteiger partial charge >= 0.3 is 12.1 Å². The van der Waals surface area contributed by atoms with Crippen LogP contribution < -0.4 is 10.6 Å². The van der Waals surface area contributed by atoms with Crippen LogP contribution in [0.15, 0.2) is 0 Å². The van der Waals surface area contributed by atoms with E-state index in [0.717, 1.165) is 12.5 Å². The van der Waals surface area contributed by atoms with Crippen molar-refractivity contribution in [3.05, 3.63) is 0 Å². The van der Waals surface area contributed by atoms with E-state index in [2.05, 4.69) is 29.5 Å². The minimum Gasteiger partial charge on any atom is -0.458 e. The van der Waals surface area contributed by atoms with E-state index in [4.69, 9.17) is 23.7 Å². The van der Waals surface area contributed by atoms with E-state index in [1.54, 1.807) is 21.0 Å². The number of aliphatic hydroxyl groups is 1. The predicted octanol–water partition coefficient (Wildman–Crippen LogP) is 2.57. The third kappa shape index (κ3) is 8.96. The minimum atomic E-state index is -1.14. The Morgan fingerprint density at radius 1 is 1.04 bits per heavy atom. The molecule has 0 aromatic heterocycles. The number of hydrogen-bond donors (Lipinski definition) is 3. The Labute approximate surface area is 293 Å². The van der Waals surface area contributed by atoms with Gasteiger partial charge in [-0.2, -0.15) is 0 Å². The van der Waals surface area contributed by atoms with Crippen LogP contribution in [-0.2, 0) is 33.3 Å². The van der Waals surface area contributed by atoms with E-state index in [0.29, 0.717) is 32.4 Å². The number of alkyl carbamates (subject to hydrolysis) is 1. The van der Waals surface area contributed by atoms with Crippen molar-refractivity contribution in [2.24, 2.45) is 23.7 Å². The van der Waals surface area contributed by atoms with Crippen molar-refractivity contribution < 1.29 is 43.2 Å². The Bertz CT molecular complexity index is 1160. The summed E-state index contributed by atoms with van der Waals surface area (Å²) in [6, 6.07) is -0.943. The molecule has 3 N–H and O–H groups in total. The van der Waals surface area contributed by atoms with Gasteiger partial charge in [-0.15, -0.1) is 0 Å². The van der Waals surface area contributed by atoms with Crippen LogP contribution in [0, 0.1) is 23.7 Å². The monoisotopic (exact) mass is 696 g/mol. The Kier molecular flexibility index (Phi) is 13.2. The lowest BCUT2D eigenvalue weighted by molar-refractivity contribution is -0.298. The number of carbonyl (C=O) groups excluding carboxylic acids is 3. The van der Waals surface area contributed by atoms with Crippen molar-refractivity contribution in [1.29, 1.82) is 0 Å². The fraction of sp³-hybridized carbons (Fsp3) is 0.917. The number of ketones is 1. The van der Waals surface area contributed by atoms with Gasteiger partial charge < -0.3 is 49.2 Å². The fourth-order valence-corrected chi connectivity index (χ4v) is 8.36. The molecule has 0 radical (unpaired) electrons. The third-order valence-corrected chi connectivity index (χ3v) is 11.6. The summed E-state index contributed by atoms with van der Waals surface area (Å²) in [7, 11) is 7.58. The third-order valence-electron chi connectivity index (χ3n) is 11.6. The summed E-state index contributed by atoms with van der Waals surface area (Å²) < 4.78 is 31.3. The quantitative estimate of drug-likeness (QED) is 0.241. The zero-order valence-corrected chi connectivity index (χ0v) is 31.7. The molecular weight excluding hydrogens is 632 g/mol. The summed E-state index contributed by atoms with van der Waals surface area (Å²) in [5.41, 5.74) is -2.13. The average Bonchev–Trinajstić information content (AvgIpc) is 3.79. The van der Waals surface area contributed by atoms with Crippen LogP contribution in [0.3, 0.4) is 0 Å². The van der Waals surface area contributed by atoms with Gasteiger partial charge in [-0.1, -0.05) is 20.8 Å². The number of amides is 1. The first kappa shape index (κ1) is 39.9. The number of fused-ring (bicyclic) bond motifs is 1. The highest BCUT2D eigenvalue weighted by Gasteiger charge is 2.56. The number of ether oxygens (including phenoxy) is 5. The van der Waals surface area contributed by atoms with Crippen LogP contribution in [0.5, 0.6) is 0 Å². The van der Waals surface area contributed by atoms with Crippen molar-refractivity contribution >= 4 is 17.8 Å². The van der Waals surface area contributed by atoms with Gasteiger partial charge in [-0.05, 0) is 99.3 Å². The summed E-state index contributed by atoms with van der Waals surface area (Å²) in [6.45, 7) is 15.1. The molecule has 49 heavy (non-hydrogen) atoms. The van der Waals surface area contributed by atoms with Gasteiger partial charge in [0.25, 0.3) is 0 Å². The summed E-state index contributed by atoms with van der Waals surface area (Å²) in [6.07, 6.45) is -0.446. The highest BCUT2D eigenvalue weighted by molar-refractivity contribution is 6.00. The molecule has 3 aliphatic heterocycles. The number of methoxy groups -OCH3 is 1. The molecule has 0 spiro atoms. The van der Waals surface area contributed by atoms with Gasteiger partial charge in [0.05, 0.1) is 23.9 Å². The lowest BCUT2D eigenvalue weighted by atomic mass is 9.78. The molecule has 1 amide bonds. The second-order valence-electron chi connectivity index (χ2n) is 15.9. The Morgan fingerprint density at radius 2 is 1.71 bits per heavy atom. The zero-order valence-electron chi connectivity index (χ0n) is 31.7. The van der Waals surface area contributed by atoms with Gasteiger partial charge in [-0.3, -0.25) is 9.59 Å². The number of nitrogens with one attached hydrogen (secondary N) is 2. The van der Waals surface area contributed by atoms with Crippen molar-refractivity contribution in [2.75, 3.05) is 47.9 Å². The van der Waals surface area contributed by atoms with Crippen molar-refractivity contribution in [3.8, 4) is 0 Å². The molecule has 4 aliphatic rings. The van der Waals surface area contributed by atoms with Crippen LogP contribution in [0.2, 0.25) is 0 Å². The lowest BCUT2D eigenvalue weighted by Gasteiger charge is -2.47. The molecule has 13 nitrogen and oxygen atoms in total. The number of esters is 1. The van der Waals surface area contributed by atoms with Gasteiger partial charge in [0.1, 0.15) is 18.1 Å². The SMILES string of the molecule is CC[C@]12OC(=O)N[C@@H]1[C@@H](C)NC[C@H](C)C[C@@](C)(OC)[C@H](OC1OC(CN(C)CC3CC3)CC(N(C)C)C1O)[C@@H](C)C(=O)C(C)C(=O)O[C@@H]2C. The van der Waals surface area contributed by atoms with Crippen LogP contribution in [0.1, 0.15) is 80.6 Å². The second kappa shape index (κ2) is 16.2. The molecule has 4 rings (SSSR count).